The first-order chi connectivity index (χ1) is 10.2. The third-order valence-corrected chi connectivity index (χ3v) is 3.02. The summed E-state index contributed by atoms with van der Waals surface area (Å²) in [7, 11) is 0. The molecule has 3 rings (SSSR count). The van der Waals surface area contributed by atoms with E-state index < -0.39 is 5.91 Å². The van der Waals surface area contributed by atoms with Gasteiger partial charge in [-0.05, 0) is 12.1 Å². The van der Waals surface area contributed by atoms with E-state index in [1.54, 1.807) is 24.3 Å². The van der Waals surface area contributed by atoms with Crippen LogP contribution in [0.5, 0.6) is 0 Å². The molecule has 0 atom stereocenters. The Morgan fingerprint density at radius 3 is 2.95 bits per heavy atom. The van der Waals surface area contributed by atoms with Crippen LogP contribution in [0.4, 0.5) is 17.2 Å². The van der Waals surface area contributed by atoms with Crippen molar-refractivity contribution in [1.82, 2.24) is 9.97 Å². The van der Waals surface area contributed by atoms with Gasteiger partial charge in [-0.25, -0.2) is 10.8 Å². The van der Waals surface area contributed by atoms with E-state index in [4.69, 9.17) is 5.84 Å². The second kappa shape index (κ2) is 5.17. The molecule has 1 aliphatic rings. The Bertz CT molecular complexity index is 717. The molecule has 8 nitrogen and oxygen atoms in total. The first-order valence-corrected chi connectivity index (χ1v) is 6.18. The highest BCUT2D eigenvalue weighted by Gasteiger charge is 2.28. The fraction of sp³-hybridized carbons (Fsp3) is 0.0769. The molecule has 1 aliphatic heterocycles. The van der Waals surface area contributed by atoms with Gasteiger partial charge in [0.05, 0.1) is 23.8 Å². The minimum Gasteiger partial charge on any atom is -0.323 e. The molecule has 0 spiro atoms. The highest BCUT2D eigenvalue weighted by atomic mass is 16.2. The molecule has 21 heavy (non-hydrogen) atoms. The topological polar surface area (TPSA) is 113 Å². The molecule has 1 aromatic carbocycles. The summed E-state index contributed by atoms with van der Waals surface area (Å²) in [4.78, 5) is 33.6. The van der Waals surface area contributed by atoms with Crippen molar-refractivity contribution in [3.63, 3.8) is 0 Å². The van der Waals surface area contributed by atoms with Crippen molar-refractivity contribution in [3.05, 3.63) is 42.4 Å². The van der Waals surface area contributed by atoms with E-state index in [9.17, 15) is 9.59 Å². The van der Waals surface area contributed by atoms with Gasteiger partial charge in [0.25, 0.3) is 5.91 Å². The van der Waals surface area contributed by atoms with Gasteiger partial charge < -0.3 is 10.7 Å². The summed E-state index contributed by atoms with van der Waals surface area (Å²) in [6.07, 6.45) is 2.73. The molecule has 0 aliphatic carbocycles. The Morgan fingerprint density at radius 1 is 1.33 bits per heavy atom. The number of hydrogen-bond donors (Lipinski definition) is 3. The maximum atomic E-state index is 12.6. The molecule has 8 heteroatoms. The number of para-hydroxylation sites is 2. The van der Waals surface area contributed by atoms with E-state index >= 15 is 0 Å². The Labute approximate surface area is 120 Å². The first-order valence-electron chi connectivity index (χ1n) is 6.18. The second-order valence-corrected chi connectivity index (χ2v) is 4.39. The number of carbonyl (C=O) groups excluding carboxylic acids is 2. The van der Waals surface area contributed by atoms with E-state index in [0.717, 1.165) is 0 Å². The molecular weight excluding hydrogens is 272 g/mol. The van der Waals surface area contributed by atoms with E-state index in [1.165, 1.54) is 17.3 Å². The monoisotopic (exact) mass is 284 g/mol. The predicted octanol–water partition coefficient (Wildman–Crippen LogP) is 0.361. The average molecular weight is 284 g/mol. The zero-order valence-corrected chi connectivity index (χ0v) is 10.9. The molecule has 2 aromatic rings. The highest BCUT2D eigenvalue weighted by Crippen LogP contribution is 2.29. The van der Waals surface area contributed by atoms with Crippen molar-refractivity contribution < 1.29 is 9.59 Å². The van der Waals surface area contributed by atoms with Gasteiger partial charge in [-0.3, -0.25) is 19.5 Å². The lowest BCUT2D eigenvalue weighted by atomic mass is 10.2. The van der Waals surface area contributed by atoms with Gasteiger partial charge in [0.2, 0.25) is 5.91 Å². The largest absolute Gasteiger partial charge is 0.323 e. The van der Waals surface area contributed by atoms with E-state index in [0.29, 0.717) is 11.4 Å². The van der Waals surface area contributed by atoms with E-state index in [2.05, 4.69) is 20.7 Å². The molecule has 0 fully saturated rings. The van der Waals surface area contributed by atoms with Crippen LogP contribution in [0.1, 0.15) is 10.5 Å². The molecular formula is C13H12N6O2. The average Bonchev–Trinajstić information content (AvgIpc) is 2.53. The number of anilines is 3. The third kappa shape index (κ3) is 2.39. The highest BCUT2D eigenvalue weighted by molar-refractivity contribution is 6.14. The third-order valence-electron chi connectivity index (χ3n) is 3.02. The summed E-state index contributed by atoms with van der Waals surface area (Å²) in [6, 6.07) is 7.06. The number of nitrogens with zero attached hydrogens (tertiary/aromatic N) is 3. The van der Waals surface area contributed by atoms with Crippen LogP contribution < -0.4 is 21.5 Å². The normalized spacial score (nSPS) is 13.4. The number of hydrazine groups is 1. The van der Waals surface area contributed by atoms with Crippen molar-refractivity contribution in [3.8, 4) is 0 Å². The van der Waals surface area contributed by atoms with Gasteiger partial charge in [0.1, 0.15) is 12.2 Å². The lowest BCUT2D eigenvalue weighted by Crippen LogP contribution is -2.42. The maximum Gasteiger partial charge on any atom is 0.279 e. The summed E-state index contributed by atoms with van der Waals surface area (Å²) in [5, 5.41) is 2.72. The van der Waals surface area contributed by atoms with Crippen LogP contribution >= 0.6 is 0 Å². The van der Waals surface area contributed by atoms with Crippen molar-refractivity contribution in [2.24, 2.45) is 5.84 Å². The van der Waals surface area contributed by atoms with Crippen LogP contribution in [-0.2, 0) is 4.79 Å². The summed E-state index contributed by atoms with van der Waals surface area (Å²) >= 11 is 0. The minimum atomic E-state index is -0.415. The smallest absolute Gasteiger partial charge is 0.279 e. The number of fused-ring (bicyclic) bond motifs is 1. The number of nitrogens with two attached hydrogens (primary N) is 1. The molecule has 0 unspecified atom stereocenters. The molecule has 0 saturated carbocycles. The first kappa shape index (κ1) is 13.0. The molecule has 0 radical (unpaired) electrons. The van der Waals surface area contributed by atoms with Crippen LogP contribution in [0.25, 0.3) is 0 Å². The van der Waals surface area contributed by atoms with E-state index in [1.807, 2.05) is 0 Å². The van der Waals surface area contributed by atoms with Gasteiger partial charge in [-0.2, -0.15) is 0 Å². The van der Waals surface area contributed by atoms with Gasteiger partial charge in [0.15, 0.2) is 5.82 Å². The zero-order valence-electron chi connectivity index (χ0n) is 10.9. The second-order valence-electron chi connectivity index (χ2n) is 4.39. The fourth-order valence-corrected chi connectivity index (χ4v) is 2.09. The van der Waals surface area contributed by atoms with Crippen LogP contribution in [0, 0.1) is 0 Å². The number of hydrogen-bond acceptors (Lipinski definition) is 6. The molecule has 4 N–H and O–H groups in total. The van der Waals surface area contributed by atoms with Gasteiger partial charge in [-0.1, -0.05) is 12.1 Å². The van der Waals surface area contributed by atoms with Gasteiger partial charge in [0, 0.05) is 0 Å². The number of rotatable bonds is 2. The van der Waals surface area contributed by atoms with Crippen LogP contribution in [0.2, 0.25) is 0 Å². The Hall–Kier alpha value is -3.00. The van der Waals surface area contributed by atoms with Crippen LogP contribution in [0.15, 0.2) is 36.7 Å². The van der Waals surface area contributed by atoms with Crippen molar-refractivity contribution in [2.75, 3.05) is 22.2 Å². The molecule has 0 saturated heterocycles. The van der Waals surface area contributed by atoms with E-state index in [-0.39, 0.29) is 24.0 Å². The fourth-order valence-electron chi connectivity index (χ4n) is 2.09. The number of benzene rings is 1. The number of carbonyl (C=O) groups is 2. The van der Waals surface area contributed by atoms with Gasteiger partial charge >= 0.3 is 0 Å². The number of nitrogens with one attached hydrogen (secondary N) is 2. The number of amides is 2. The SMILES string of the molecule is NNc1cncc(C(=O)N2CC(=O)Nc3ccccc32)n1. The lowest BCUT2D eigenvalue weighted by Gasteiger charge is -2.28. The van der Waals surface area contributed by atoms with Gasteiger partial charge in [-0.15, -0.1) is 0 Å². The quantitative estimate of drug-likeness (QED) is 0.542. The predicted molar refractivity (Wildman–Crippen MR) is 76.6 cm³/mol. The Balaban J connectivity index is 1.99. The minimum absolute atomic E-state index is 0.0716. The Kier molecular flexibility index (Phi) is 3.20. The standard InChI is InChI=1S/C13H12N6O2/c14-18-11-6-15-5-9(16-11)13(21)19-7-12(20)17-8-3-1-2-4-10(8)19/h1-6H,7,14H2,(H,16,18)(H,17,20). The molecule has 2 heterocycles. The molecule has 0 bridgehead atoms. The number of nitrogen functional groups attached to an aromatic ring is 1. The summed E-state index contributed by atoms with van der Waals surface area (Å²) in [6.45, 7) is -0.0716. The molecule has 1 aromatic heterocycles. The van der Waals surface area contributed by atoms with Crippen molar-refractivity contribution in [1.29, 1.82) is 0 Å². The number of aromatic nitrogens is 2. The lowest BCUT2D eigenvalue weighted by molar-refractivity contribution is -0.115. The van der Waals surface area contributed by atoms with Crippen molar-refractivity contribution >= 4 is 29.0 Å². The summed E-state index contributed by atoms with van der Waals surface area (Å²) in [5.41, 5.74) is 3.64. The Morgan fingerprint density at radius 2 is 2.14 bits per heavy atom. The molecule has 106 valence electrons. The van der Waals surface area contributed by atoms with Crippen LogP contribution in [0.3, 0.4) is 0 Å². The summed E-state index contributed by atoms with van der Waals surface area (Å²) in [5.74, 6) is 4.85. The summed E-state index contributed by atoms with van der Waals surface area (Å²) < 4.78 is 0. The maximum absolute atomic E-state index is 12.6. The molecule has 2 amide bonds. The zero-order chi connectivity index (χ0) is 14.8. The van der Waals surface area contributed by atoms with Crippen LogP contribution in [-0.4, -0.2) is 28.3 Å². The van der Waals surface area contributed by atoms with Crippen molar-refractivity contribution in [2.45, 2.75) is 0 Å².